The number of carbonyl (C=O) groups excluding carboxylic acids is 2. The van der Waals surface area contributed by atoms with E-state index in [1.54, 1.807) is 0 Å². The molecule has 6 heteroatoms. The van der Waals surface area contributed by atoms with Gasteiger partial charge in [-0.25, -0.2) is 0 Å². The molecule has 0 radical (unpaired) electrons. The number of hydrogen-bond acceptors (Lipinski definition) is 4. The fourth-order valence-electron chi connectivity index (χ4n) is 2.91. The zero-order valence-electron chi connectivity index (χ0n) is 13.9. The average Bonchev–Trinajstić information content (AvgIpc) is 2.82. The number of carbonyl (C=O) groups is 2. The van der Waals surface area contributed by atoms with Gasteiger partial charge in [0.1, 0.15) is 11.6 Å². The molecule has 126 valence electrons. The van der Waals surface area contributed by atoms with Gasteiger partial charge in [0.2, 0.25) is 5.91 Å². The number of benzene rings is 1. The lowest BCUT2D eigenvalue weighted by Gasteiger charge is -2.08. The number of aromatic nitrogens is 3. The Hall–Kier alpha value is -2.50. The summed E-state index contributed by atoms with van der Waals surface area (Å²) < 4.78 is 2.20. The van der Waals surface area contributed by atoms with Gasteiger partial charge in [-0.2, -0.15) is 0 Å². The first-order chi connectivity index (χ1) is 11.6. The molecule has 1 aromatic carbocycles. The Morgan fingerprint density at radius 2 is 1.88 bits per heavy atom. The van der Waals surface area contributed by atoms with E-state index in [0.29, 0.717) is 0 Å². The molecule has 6 nitrogen and oxygen atoms in total. The van der Waals surface area contributed by atoms with Crippen LogP contribution in [0.5, 0.6) is 0 Å². The summed E-state index contributed by atoms with van der Waals surface area (Å²) in [5.74, 6) is 1.83. The van der Waals surface area contributed by atoms with Crippen molar-refractivity contribution in [2.24, 2.45) is 0 Å². The van der Waals surface area contributed by atoms with Crippen molar-refractivity contribution in [3.63, 3.8) is 0 Å². The second-order valence-electron chi connectivity index (χ2n) is 6.23. The largest absolute Gasteiger partial charge is 0.326 e. The van der Waals surface area contributed by atoms with E-state index in [-0.39, 0.29) is 24.5 Å². The van der Waals surface area contributed by atoms with E-state index < -0.39 is 0 Å². The van der Waals surface area contributed by atoms with Crippen LogP contribution in [0.2, 0.25) is 0 Å². The molecule has 0 fully saturated rings. The Balaban J connectivity index is 1.70. The quantitative estimate of drug-likeness (QED) is 0.916. The van der Waals surface area contributed by atoms with Gasteiger partial charge in [0.05, 0.1) is 0 Å². The first kappa shape index (κ1) is 16.4. The number of nitrogens with zero attached hydrogens (tertiary/aromatic N) is 3. The van der Waals surface area contributed by atoms with Gasteiger partial charge in [-0.3, -0.25) is 4.79 Å². The van der Waals surface area contributed by atoms with E-state index in [1.165, 1.54) is 19.8 Å². The minimum atomic E-state index is -0.144. The Labute approximate surface area is 141 Å². The van der Waals surface area contributed by atoms with E-state index in [2.05, 4.69) is 20.1 Å². The summed E-state index contributed by atoms with van der Waals surface area (Å²) in [4.78, 5) is 22.7. The Bertz CT molecular complexity index is 734. The monoisotopic (exact) mass is 326 g/mol. The lowest BCUT2D eigenvalue weighted by Crippen LogP contribution is -2.12. The number of rotatable bonds is 5. The first-order valence-corrected chi connectivity index (χ1v) is 8.45. The van der Waals surface area contributed by atoms with Gasteiger partial charge in [0.15, 0.2) is 5.82 Å². The number of amides is 1. The van der Waals surface area contributed by atoms with Gasteiger partial charge < -0.3 is 14.7 Å². The number of ketones is 1. The Morgan fingerprint density at radius 3 is 2.62 bits per heavy atom. The molecule has 24 heavy (non-hydrogen) atoms. The van der Waals surface area contributed by atoms with Crippen molar-refractivity contribution >= 4 is 17.4 Å². The van der Waals surface area contributed by atoms with Crippen molar-refractivity contribution in [1.29, 1.82) is 0 Å². The van der Waals surface area contributed by atoms with E-state index in [1.807, 2.05) is 24.3 Å². The molecular weight excluding hydrogens is 304 g/mol. The standard InChI is InChI=1S/C18H22N4O2/c1-13(23)6-11-17(24)19-15-9-7-14(8-10-15)18-21-20-16-5-3-2-4-12-22(16)18/h7-10H,2-6,11-12H2,1H3,(H,19,24). The number of hydrogen-bond donors (Lipinski definition) is 1. The molecule has 0 bridgehead atoms. The van der Waals surface area contributed by atoms with Crippen LogP contribution in [0.1, 0.15) is 44.9 Å². The first-order valence-electron chi connectivity index (χ1n) is 8.45. The lowest BCUT2D eigenvalue weighted by atomic mass is 10.1. The Kier molecular flexibility index (Phi) is 5.03. The molecule has 1 aliphatic rings. The van der Waals surface area contributed by atoms with Gasteiger partial charge in [-0.15, -0.1) is 10.2 Å². The van der Waals surface area contributed by atoms with Gasteiger partial charge in [-0.05, 0) is 44.0 Å². The highest BCUT2D eigenvalue weighted by Gasteiger charge is 2.15. The second kappa shape index (κ2) is 7.38. The molecule has 1 aromatic heterocycles. The van der Waals surface area contributed by atoms with Crippen LogP contribution in [0.3, 0.4) is 0 Å². The minimum Gasteiger partial charge on any atom is -0.326 e. The highest BCUT2D eigenvalue weighted by molar-refractivity contribution is 5.93. The van der Waals surface area contributed by atoms with Crippen molar-refractivity contribution in [3.05, 3.63) is 30.1 Å². The highest BCUT2D eigenvalue weighted by atomic mass is 16.2. The maximum absolute atomic E-state index is 11.8. The summed E-state index contributed by atoms with van der Waals surface area (Å²) in [5, 5.41) is 11.5. The van der Waals surface area contributed by atoms with Crippen LogP contribution in [0, 0.1) is 0 Å². The fourth-order valence-corrected chi connectivity index (χ4v) is 2.91. The molecule has 0 unspecified atom stereocenters. The van der Waals surface area contributed by atoms with E-state index in [9.17, 15) is 9.59 Å². The molecule has 0 spiro atoms. The number of anilines is 1. The summed E-state index contributed by atoms with van der Waals surface area (Å²) in [6.07, 6.45) is 5.03. The number of nitrogens with one attached hydrogen (secondary N) is 1. The molecule has 2 aromatic rings. The highest BCUT2D eigenvalue weighted by Crippen LogP contribution is 2.24. The lowest BCUT2D eigenvalue weighted by molar-refractivity contribution is -0.121. The number of aryl methyl sites for hydroxylation is 1. The smallest absolute Gasteiger partial charge is 0.224 e. The van der Waals surface area contributed by atoms with Gasteiger partial charge >= 0.3 is 0 Å². The summed E-state index contributed by atoms with van der Waals surface area (Å²) >= 11 is 0. The van der Waals surface area contributed by atoms with Gasteiger partial charge in [0.25, 0.3) is 0 Å². The van der Waals surface area contributed by atoms with Crippen molar-refractivity contribution in [2.45, 2.75) is 52.0 Å². The summed E-state index contributed by atoms with van der Waals surface area (Å²) in [6.45, 7) is 2.45. The molecule has 1 aliphatic heterocycles. The van der Waals surface area contributed by atoms with E-state index >= 15 is 0 Å². The third-order valence-corrected chi connectivity index (χ3v) is 4.24. The van der Waals surface area contributed by atoms with Crippen molar-refractivity contribution < 1.29 is 9.59 Å². The van der Waals surface area contributed by atoms with E-state index in [0.717, 1.165) is 42.3 Å². The molecule has 0 saturated carbocycles. The normalized spacial score (nSPS) is 13.9. The fraction of sp³-hybridized carbons (Fsp3) is 0.444. The molecule has 0 atom stereocenters. The molecule has 1 amide bonds. The molecule has 0 aliphatic carbocycles. The SMILES string of the molecule is CC(=O)CCC(=O)Nc1ccc(-c2nnc3n2CCCCC3)cc1. The van der Waals surface area contributed by atoms with Crippen molar-refractivity contribution in [1.82, 2.24) is 14.8 Å². The zero-order valence-corrected chi connectivity index (χ0v) is 13.9. The molecule has 1 N–H and O–H groups in total. The van der Waals surface area contributed by atoms with Crippen molar-refractivity contribution in [3.8, 4) is 11.4 Å². The van der Waals surface area contributed by atoms with Crippen LogP contribution in [0.4, 0.5) is 5.69 Å². The van der Waals surface area contributed by atoms with Crippen LogP contribution in [0.25, 0.3) is 11.4 Å². The average molecular weight is 326 g/mol. The minimum absolute atomic E-state index is 0.0213. The van der Waals surface area contributed by atoms with Crippen LogP contribution < -0.4 is 5.32 Å². The van der Waals surface area contributed by atoms with Gasteiger partial charge in [-0.1, -0.05) is 6.42 Å². The maximum Gasteiger partial charge on any atom is 0.224 e. The zero-order chi connectivity index (χ0) is 16.9. The maximum atomic E-state index is 11.8. The number of fused-ring (bicyclic) bond motifs is 1. The topological polar surface area (TPSA) is 76.9 Å². The van der Waals surface area contributed by atoms with E-state index in [4.69, 9.17) is 0 Å². The molecule has 0 saturated heterocycles. The third-order valence-electron chi connectivity index (χ3n) is 4.24. The summed E-state index contributed by atoms with van der Waals surface area (Å²) in [6, 6.07) is 7.62. The predicted molar refractivity (Wildman–Crippen MR) is 91.6 cm³/mol. The molecule has 3 rings (SSSR count). The van der Waals surface area contributed by atoms with Crippen molar-refractivity contribution in [2.75, 3.05) is 5.32 Å². The van der Waals surface area contributed by atoms with Gasteiger partial charge in [0, 0.05) is 37.1 Å². The van der Waals surface area contributed by atoms with Crippen LogP contribution in [0.15, 0.2) is 24.3 Å². The number of Topliss-reactive ketones (excluding diaryl/α,β-unsaturated/α-hetero) is 1. The third kappa shape index (κ3) is 3.88. The van der Waals surface area contributed by atoms with Crippen LogP contribution in [-0.2, 0) is 22.6 Å². The summed E-state index contributed by atoms with van der Waals surface area (Å²) in [5.41, 5.74) is 1.72. The summed E-state index contributed by atoms with van der Waals surface area (Å²) in [7, 11) is 0. The Morgan fingerprint density at radius 1 is 1.08 bits per heavy atom. The molecular formula is C18H22N4O2. The van der Waals surface area contributed by atoms with Crippen LogP contribution in [-0.4, -0.2) is 26.5 Å². The predicted octanol–water partition coefficient (Wildman–Crippen LogP) is 2.98. The second-order valence-corrected chi connectivity index (χ2v) is 6.23. The van der Waals surface area contributed by atoms with Crippen LogP contribution >= 0.6 is 0 Å². The molecule has 2 heterocycles.